The van der Waals surface area contributed by atoms with Gasteiger partial charge in [0.05, 0.1) is 17.3 Å². The van der Waals surface area contributed by atoms with Crippen molar-refractivity contribution in [1.29, 1.82) is 0 Å². The van der Waals surface area contributed by atoms with E-state index in [-0.39, 0.29) is 30.5 Å². The molecule has 0 aromatic heterocycles. The van der Waals surface area contributed by atoms with Crippen molar-refractivity contribution in [3.05, 3.63) is 72.0 Å². The summed E-state index contributed by atoms with van der Waals surface area (Å²) >= 11 is 0. The van der Waals surface area contributed by atoms with Gasteiger partial charge in [0.15, 0.2) is 0 Å². The molecule has 1 saturated heterocycles. The van der Waals surface area contributed by atoms with E-state index in [9.17, 15) is 14.0 Å². The van der Waals surface area contributed by atoms with Crippen molar-refractivity contribution in [2.75, 3.05) is 16.8 Å². The summed E-state index contributed by atoms with van der Waals surface area (Å²) in [6.45, 7) is 2.07. The van der Waals surface area contributed by atoms with Gasteiger partial charge in [-0.05, 0) is 36.1 Å². The van der Waals surface area contributed by atoms with Crippen molar-refractivity contribution < 1.29 is 14.0 Å². The number of hydrogen-bond donors (Lipinski definition) is 1. The Bertz CT molecular complexity index is 1040. The van der Waals surface area contributed by atoms with Gasteiger partial charge in [0, 0.05) is 18.4 Å². The quantitative estimate of drug-likeness (QED) is 0.756. The van der Waals surface area contributed by atoms with E-state index in [4.69, 9.17) is 0 Å². The monoisotopic (exact) mass is 362 g/mol. The molecular weight excluding hydrogens is 343 g/mol. The Labute approximate surface area is 156 Å². The third-order valence-electron chi connectivity index (χ3n) is 4.94. The van der Waals surface area contributed by atoms with Gasteiger partial charge in [0.2, 0.25) is 11.8 Å². The van der Waals surface area contributed by atoms with Crippen molar-refractivity contribution in [3.8, 4) is 0 Å². The Morgan fingerprint density at radius 2 is 1.89 bits per heavy atom. The van der Waals surface area contributed by atoms with Gasteiger partial charge in [-0.15, -0.1) is 0 Å². The van der Waals surface area contributed by atoms with E-state index in [2.05, 4.69) is 5.32 Å². The molecule has 2 amide bonds. The molecule has 3 aromatic rings. The average molecular weight is 362 g/mol. The minimum atomic E-state index is -0.517. The molecule has 0 bridgehead atoms. The van der Waals surface area contributed by atoms with Gasteiger partial charge in [-0.1, -0.05) is 42.5 Å². The number of hydrogen-bond acceptors (Lipinski definition) is 2. The number of nitrogens with zero attached hydrogens (tertiary/aromatic N) is 1. The lowest BCUT2D eigenvalue weighted by atomic mass is 10.1. The summed E-state index contributed by atoms with van der Waals surface area (Å²) in [6, 6.07) is 18.3. The SMILES string of the molecule is Cc1ccc(NC(=O)C2CC(=O)N(c3cccc4ccccc34)C2)c(F)c1. The van der Waals surface area contributed by atoms with Crippen LogP contribution in [0.3, 0.4) is 0 Å². The average Bonchev–Trinajstić information content (AvgIpc) is 3.05. The summed E-state index contributed by atoms with van der Waals surface area (Å²) in [5.41, 5.74) is 1.72. The Hall–Kier alpha value is -3.21. The fraction of sp³-hybridized carbons (Fsp3) is 0.182. The van der Waals surface area contributed by atoms with Crippen molar-refractivity contribution >= 4 is 34.0 Å². The summed E-state index contributed by atoms with van der Waals surface area (Å²) in [5, 5.41) is 4.63. The fourth-order valence-corrected chi connectivity index (χ4v) is 3.52. The van der Waals surface area contributed by atoms with E-state index >= 15 is 0 Å². The van der Waals surface area contributed by atoms with Crippen LogP contribution < -0.4 is 10.2 Å². The van der Waals surface area contributed by atoms with E-state index < -0.39 is 11.7 Å². The summed E-state index contributed by atoms with van der Waals surface area (Å²) < 4.78 is 14.0. The van der Waals surface area contributed by atoms with Crippen LogP contribution in [0.2, 0.25) is 0 Å². The lowest BCUT2D eigenvalue weighted by Gasteiger charge is -2.19. The van der Waals surface area contributed by atoms with Crippen LogP contribution >= 0.6 is 0 Å². The Morgan fingerprint density at radius 1 is 1.11 bits per heavy atom. The van der Waals surface area contributed by atoms with E-state index in [1.165, 1.54) is 6.07 Å². The van der Waals surface area contributed by atoms with Crippen LogP contribution in [0, 0.1) is 18.7 Å². The maximum atomic E-state index is 14.0. The molecule has 0 aliphatic carbocycles. The van der Waals surface area contributed by atoms with E-state index in [0.29, 0.717) is 0 Å². The molecule has 1 aliphatic rings. The van der Waals surface area contributed by atoms with Crippen LogP contribution in [0.25, 0.3) is 10.8 Å². The van der Waals surface area contributed by atoms with Crippen LogP contribution in [-0.2, 0) is 9.59 Å². The highest BCUT2D eigenvalue weighted by Gasteiger charge is 2.35. The molecular formula is C22H19FN2O2. The van der Waals surface area contributed by atoms with Gasteiger partial charge in [-0.3, -0.25) is 9.59 Å². The lowest BCUT2D eigenvalue weighted by molar-refractivity contribution is -0.122. The maximum absolute atomic E-state index is 14.0. The molecule has 27 heavy (non-hydrogen) atoms. The second kappa shape index (κ2) is 6.83. The van der Waals surface area contributed by atoms with E-state index in [1.54, 1.807) is 24.0 Å². The zero-order valence-corrected chi connectivity index (χ0v) is 14.9. The first-order valence-corrected chi connectivity index (χ1v) is 8.88. The van der Waals surface area contributed by atoms with Gasteiger partial charge in [0.1, 0.15) is 5.82 Å². The zero-order valence-electron chi connectivity index (χ0n) is 14.9. The number of halogens is 1. The first-order chi connectivity index (χ1) is 13.0. The second-order valence-electron chi connectivity index (χ2n) is 6.88. The van der Waals surface area contributed by atoms with Gasteiger partial charge >= 0.3 is 0 Å². The third-order valence-corrected chi connectivity index (χ3v) is 4.94. The molecule has 4 nitrogen and oxygen atoms in total. The van der Waals surface area contributed by atoms with Crippen LogP contribution in [0.5, 0.6) is 0 Å². The molecule has 1 unspecified atom stereocenters. The highest BCUT2D eigenvalue weighted by Crippen LogP contribution is 2.32. The lowest BCUT2D eigenvalue weighted by Crippen LogP contribution is -2.28. The topological polar surface area (TPSA) is 49.4 Å². The standard InChI is InChI=1S/C22H19FN2O2/c1-14-9-10-19(18(23)11-14)24-22(27)16-12-21(26)25(13-16)20-8-4-6-15-5-2-3-7-17(15)20/h2-11,16H,12-13H2,1H3,(H,24,27). The predicted octanol–water partition coefficient (Wildman–Crippen LogP) is 4.28. The summed E-state index contributed by atoms with van der Waals surface area (Å²) in [6.07, 6.45) is 0.114. The minimum Gasteiger partial charge on any atom is -0.323 e. The van der Waals surface area contributed by atoms with Crippen molar-refractivity contribution in [1.82, 2.24) is 0 Å². The van der Waals surface area contributed by atoms with Crippen molar-refractivity contribution in [2.45, 2.75) is 13.3 Å². The number of nitrogens with one attached hydrogen (secondary N) is 1. The molecule has 0 spiro atoms. The molecule has 4 rings (SSSR count). The Morgan fingerprint density at radius 3 is 2.70 bits per heavy atom. The molecule has 136 valence electrons. The molecule has 1 fully saturated rings. The Balaban J connectivity index is 1.56. The molecule has 1 atom stereocenters. The molecule has 1 N–H and O–H groups in total. The molecule has 1 aliphatic heterocycles. The van der Waals surface area contributed by atoms with Crippen LogP contribution in [-0.4, -0.2) is 18.4 Å². The van der Waals surface area contributed by atoms with E-state index in [0.717, 1.165) is 22.0 Å². The molecule has 3 aromatic carbocycles. The first kappa shape index (κ1) is 17.2. The van der Waals surface area contributed by atoms with Gasteiger partial charge < -0.3 is 10.2 Å². The summed E-state index contributed by atoms with van der Waals surface area (Å²) in [5.74, 6) is -1.43. The van der Waals surface area contributed by atoms with Crippen molar-refractivity contribution in [3.63, 3.8) is 0 Å². The highest BCUT2D eigenvalue weighted by atomic mass is 19.1. The molecule has 0 saturated carbocycles. The second-order valence-corrected chi connectivity index (χ2v) is 6.88. The maximum Gasteiger partial charge on any atom is 0.229 e. The number of amides is 2. The number of benzene rings is 3. The van der Waals surface area contributed by atoms with Crippen molar-refractivity contribution in [2.24, 2.45) is 5.92 Å². The molecule has 5 heteroatoms. The van der Waals surface area contributed by atoms with Crippen LogP contribution in [0.1, 0.15) is 12.0 Å². The summed E-state index contributed by atoms with van der Waals surface area (Å²) in [7, 11) is 0. The number of carbonyl (C=O) groups is 2. The number of fused-ring (bicyclic) bond motifs is 1. The summed E-state index contributed by atoms with van der Waals surface area (Å²) in [4.78, 5) is 26.8. The Kier molecular flexibility index (Phi) is 4.36. The smallest absolute Gasteiger partial charge is 0.229 e. The number of carbonyl (C=O) groups excluding carboxylic acids is 2. The first-order valence-electron chi connectivity index (χ1n) is 8.88. The van der Waals surface area contributed by atoms with Gasteiger partial charge in [-0.25, -0.2) is 4.39 Å². The van der Waals surface area contributed by atoms with Gasteiger partial charge in [-0.2, -0.15) is 0 Å². The number of rotatable bonds is 3. The predicted molar refractivity (Wildman–Crippen MR) is 104 cm³/mol. The molecule has 0 radical (unpaired) electrons. The minimum absolute atomic E-state index is 0.101. The number of anilines is 2. The normalized spacial score (nSPS) is 16.7. The fourth-order valence-electron chi connectivity index (χ4n) is 3.52. The molecule has 1 heterocycles. The van der Waals surface area contributed by atoms with E-state index in [1.807, 2.05) is 42.5 Å². The largest absolute Gasteiger partial charge is 0.323 e. The third kappa shape index (κ3) is 3.28. The number of aryl methyl sites for hydroxylation is 1. The van der Waals surface area contributed by atoms with Crippen LogP contribution in [0.15, 0.2) is 60.7 Å². The highest BCUT2D eigenvalue weighted by molar-refractivity contribution is 6.08. The van der Waals surface area contributed by atoms with Gasteiger partial charge in [0.25, 0.3) is 0 Å². The van der Waals surface area contributed by atoms with Crippen LogP contribution in [0.4, 0.5) is 15.8 Å². The zero-order chi connectivity index (χ0) is 19.0.